The van der Waals surface area contributed by atoms with Crippen LogP contribution in [-0.4, -0.2) is 54.9 Å². The Morgan fingerprint density at radius 1 is 0.781 bits per heavy atom. The fourth-order valence-electron chi connectivity index (χ4n) is 3.96. The summed E-state index contributed by atoms with van der Waals surface area (Å²) in [5, 5.41) is 0. The average molecular weight is 433 g/mol. The van der Waals surface area contributed by atoms with Crippen molar-refractivity contribution >= 4 is 5.78 Å². The standard InChI is InChI=1S/C27H29FN2O2/c28-25-11-7-23(8-12-25)27(31)24-9-13-26(14-10-24)32-20-4-15-29-16-18-30(19-17-29)21-22-5-2-1-3-6-22/h1-3,5-14H,4,15-21H2. The molecule has 0 atom stereocenters. The molecule has 1 heterocycles. The highest BCUT2D eigenvalue weighted by atomic mass is 19.1. The Bertz CT molecular complexity index is 982. The van der Waals surface area contributed by atoms with Gasteiger partial charge in [-0.1, -0.05) is 30.3 Å². The van der Waals surface area contributed by atoms with Gasteiger partial charge in [0.05, 0.1) is 6.61 Å². The maximum absolute atomic E-state index is 13.0. The van der Waals surface area contributed by atoms with E-state index in [0.29, 0.717) is 17.7 Å². The Kier molecular flexibility index (Phi) is 7.64. The van der Waals surface area contributed by atoms with Crippen molar-refractivity contribution in [1.29, 1.82) is 0 Å². The maximum atomic E-state index is 13.0. The number of ether oxygens (including phenoxy) is 1. The summed E-state index contributed by atoms with van der Waals surface area (Å²) >= 11 is 0. The SMILES string of the molecule is O=C(c1ccc(F)cc1)c1ccc(OCCCN2CCN(Cc3ccccc3)CC2)cc1. The van der Waals surface area contributed by atoms with Crippen molar-refractivity contribution in [3.05, 3.63) is 101 Å². The average Bonchev–Trinajstić information content (AvgIpc) is 2.84. The van der Waals surface area contributed by atoms with E-state index in [1.54, 1.807) is 12.1 Å². The van der Waals surface area contributed by atoms with Crippen molar-refractivity contribution in [3.8, 4) is 5.75 Å². The van der Waals surface area contributed by atoms with E-state index in [1.165, 1.54) is 29.8 Å². The first-order chi connectivity index (χ1) is 15.7. The van der Waals surface area contributed by atoms with Gasteiger partial charge in [-0.2, -0.15) is 0 Å². The van der Waals surface area contributed by atoms with E-state index in [9.17, 15) is 9.18 Å². The number of carbonyl (C=O) groups is 1. The number of hydrogen-bond acceptors (Lipinski definition) is 4. The van der Waals surface area contributed by atoms with Crippen LogP contribution in [0.4, 0.5) is 4.39 Å². The highest BCUT2D eigenvalue weighted by Gasteiger charge is 2.16. The quantitative estimate of drug-likeness (QED) is 0.364. The number of rotatable bonds is 9. The molecular formula is C27H29FN2O2. The third kappa shape index (κ3) is 6.25. The first-order valence-electron chi connectivity index (χ1n) is 11.2. The van der Waals surface area contributed by atoms with Crippen LogP contribution in [0, 0.1) is 5.82 Å². The third-order valence-corrected chi connectivity index (χ3v) is 5.82. The Labute approximate surface area is 189 Å². The molecule has 5 heteroatoms. The van der Waals surface area contributed by atoms with E-state index in [-0.39, 0.29) is 11.6 Å². The Morgan fingerprint density at radius 3 is 2.03 bits per heavy atom. The van der Waals surface area contributed by atoms with Crippen LogP contribution in [0.1, 0.15) is 27.9 Å². The number of halogens is 1. The van der Waals surface area contributed by atoms with Crippen molar-refractivity contribution in [2.45, 2.75) is 13.0 Å². The van der Waals surface area contributed by atoms with Crippen molar-refractivity contribution in [3.63, 3.8) is 0 Å². The number of nitrogens with zero attached hydrogens (tertiary/aromatic N) is 2. The molecule has 0 saturated carbocycles. The number of ketones is 1. The monoisotopic (exact) mass is 432 g/mol. The second-order valence-corrected chi connectivity index (χ2v) is 8.17. The molecule has 0 aromatic heterocycles. The van der Waals surface area contributed by atoms with E-state index < -0.39 is 0 Å². The van der Waals surface area contributed by atoms with Gasteiger partial charge in [0.2, 0.25) is 0 Å². The molecule has 0 bridgehead atoms. The predicted octanol–water partition coefficient (Wildman–Crippen LogP) is 4.64. The molecule has 3 aromatic carbocycles. The molecule has 4 nitrogen and oxygen atoms in total. The molecule has 0 aliphatic carbocycles. The molecule has 32 heavy (non-hydrogen) atoms. The molecule has 1 aliphatic rings. The summed E-state index contributed by atoms with van der Waals surface area (Å²) in [5.74, 6) is 0.288. The predicted molar refractivity (Wildman–Crippen MR) is 125 cm³/mol. The van der Waals surface area contributed by atoms with Gasteiger partial charge in [-0.15, -0.1) is 0 Å². The van der Waals surface area contributed by atoms with Crippen molar-refractivity contribution < 1.29 is 13.9 Å². The van der Waals surface area contributed by atoms with Gasteiger partial charge in [-0.25, -0.2) is 4.39 Å². The lowest BCUT2D eigenvalue weighted by Crippen LogP contribution is -2.46. The topological polar surface area (TPSA) is 32.8 Å². The van der Waals surface area contributed by atoms with E-state index in [2.05, 4.69) is 40.1 Å². The molecule has 1 saturated heterocycles. The molecule has 1 fully saturated rings. The second kappa shape index (κ2) is 11.0. The van der Waals surface area contributed by atoms with E-state index in [1.807, 2.05) is 12.1 Å². The zero-order valence-corrected chi connectivity index (χ0v) is 18.3. The van der Waals surface area contributed by atoms with Crippen LogP contribution in [0.15, 0.2) is 78.9 Å². The van der Waals surface area contributed by atoms with Crippen LogP contribution >= 0.6 is 0 Å². The Hall–Kier alpha value is -3.02. The number of hydrogen-bond donors (Lipinski definition) is 0. The summed E-state index contributed by atoms with van der Waals surface area (Å²) in [4.78, 5) is 17.5. The zero-order valence-electron chi connectivity index (χ0n) is 18.3. The van der Waals surface area contributed by atoms with E-state index >= 15 is 0 Å². The lowest BCUT2D eigenvalue weighted by Gasteiger charge is -2.34. The fourth-order valence-corrected chi connectivity index (χ4v) is 3.96. The van der Waals surface area contributed by atoms with Crippen molar-refractivity contribution in [2.24, 2.45) is 0 Å². The Balaban J connectivity index is 1.15. The summed E-state index contributed by atoms with van der Waals surface area (Å²) in [5.41, 5.74) is 2.42. The van der Waals surface area contributed by atoms with Crippen molar-refractivity contribution in [2.75, 3.05) is 39.3 Å². The van der Waals surface area contributed by atoms with Crippen LogP contribution in [-0.2, 0) is 6.54 Å². The summed E-state index contributed by atoms with van der Waals surface area (Å²) < 4.78 is 18.9. The van der Waals surface area contributed by atoms with Crippen molar-refractivity contribution in [1.82, 2.24) is 9.80 Å². The molecule has 4 rings (SSSR count). The van der Waals surface area contributed by atoms with Crippen LogP contribution in [0.2, 0.25) is 0 Å². The Morgan fingerprint density at radius 2 is 1.38 bits per heavy atom. The normalized spacial score (nSPS) is 14.9. The number of piperazine rings is 1. The van der Waals surface area contributed by atoms with Gasteiger partial charge in [0, 0.05) is 50.4 Å². The lowest BCUT2D eigenvalue weighted by molar-refractivity contribution is 0.103. The summed E-state index contributed by atoms with van der Waals surface area (Å²) in [6, 6.07) is 23.4. The molecule has 0 unspecified atom stereocenters. The molecule has 0 amide bonds. The summed E-state index contributed by atoms with van der Waals surface area (Å²) in [6.45, 7) is 7.08. The number of carbonyl (C=O) groups excluding carboxylic acids is 1. The molecule has 1 aliphatic heterocycles. The minimum atomic E-state index is -0.348. The van der Waals surface area contributed by atoms with Crippen LogP contribution < -0.4 is 4.74 Å². The molecule has 0 N–H and O–H groups in total. The second-order valence-electron chi connectivity index (χ2n) is 8.17. The maximum Gasteiger partial charge on any atom is 0.193 e. The van der Waals surface area contributed by atoms with Gasteiger partial charge < -0.3 is 9.64 Å². The van der Waals surface area contributed by atoms with E-state index in [4.69, 9.17) is 4.74 Å². The van der Waals surface area contributed by atoms with Gasteiger partial charge in [0.1, 0.15) is 11.6 Å². The van der Waals surface area contributed by atoms with Gasteiger partial charge in [0.15, 0.2) is 5.78 Å². The first-order valence-corrected chi connectivity index (χ1v) is 11.2. The highest BCUT2D eigenvalue weighted by molar-refractivity contribution is 6.08. The van der Waals surface area contributed by atoms with Crippen LogP contribution in [0.25, 0.3) is 0 Å². The fraction of sp³-hybridized carbons (Fsp3) is 0.296. The van der Waals surface area contributed by atoms with Gasteiger partial charge in [-0.05, 0) is 60.5 Å². The minimum Gasteiger partial charge on any atom is -0.494 e. The molecule has 0 radical (unpaired) electrons. The minimum absolute atomic E-state index is 0.122. The molecular weight excluding hydrogens is 403 g/mol. The number of benzene rings is 3. The van der Waals surface area contributed by atoms with Gasteiger partial charge in [-0.3, -0.25) is 9.69 Å². The third-order valence-electron chi connectivity index (χ3n) is 5.82. The smallest absolute Gasteiger partial charge is 0.193 e. The largest absolute Gasteiger partial charge is 0.494 e. The zero-order chi connectivity index (χ0) is 22.2. The van der Waals surface area contributed by atoms with E-state index in [0.717, 1.165) is 51.4 Å². The molecule has 166 valence electrons. The van der Waals surface area contributed by atoms with Gasteiger partial charge >= 0.3 is 0 Å². The van der Waals surface area contributed by atoms with Crippen LogP contribution in [0.3, 0.4) is 0 Å². The summed E-state index contributed by atoms with van der Waals surface area (Å²) in [7, 11) is 0. The first kappa shape index (κ1) is 22.2. The summed E-state index contributed by atoms with van der Waals surface area (Å²) in [6.07, 6.45) is 0.967. The molecule has 0 spiro atoms. The molecule has 3 aromatic rings. The van der Waals surface area contributed by atoms with Gasteiger partial charge in [0.25, 0.3) is 0 Å². The highest BCUT2D eigenvalue weighted by Crippen LogP contribution is 2.16. The lowest BCUT2D eigenvalue weighted by atomic mass is 10.0. The van der Waals surface area contributed by atoms with Crippen LogP contribution in [0.5, 0.6) is 5.75 Å².